The molecule has 6 heteroatoms. The third kappa shape index (κ3) is 2.70. The van der Waals surface area contributed by atoms with Crippen LogP contribution in [0.4, 0.5) is 5.82 Å². The summed E-state index contributed by atoms with van der Waals surface area (Å²) in [6.07, 6.45) is 9.34. The van der Waals surface area contributed by atoms with Gasteiger partial charge in [-0.1, -0.05) is 37.5 Å². The third-order valence-electron chi connectivity index (χ3n) is 5.09. The van der Waals surface area contributed by atoms with Crippen LogP contribution in [0, 0.1) is 0 Å². The van der Waals surface area contributed by atoms with Crippen molar-refractivity contribution in [3.05, 3.63) is 48.3 Å². The molecule has 5 nitrogen and oxygen atoms in total. The highest BCUT2D eigenvalue weighted by atomic mass is 32.2. The molecule has 3 N–H and O–H groups in total. The molecule has 0 saturated heterocycles. The third-order valence-corrected chi connectivity index (χ3v) is 6.96. The van der Waals surface area contributed by atoms with Crippen LogP contribution in [-0.2, 0) is 9.84 Å². The molecule has 0 bridgehead atoms. The van der Waals surface area contributed by atoms with Crippen molar-refractivity contribution in [2.45, 2.75) is 47.8 Å². The highest BCUT2D eigenvalue weighted by molar-refractivity contribution is 7.92. The van der Waals surface area contributed by atoms with Crippen LogP contribution in [-0.4, -0.2) is 18.4 Å². The molecule has 1 aliphatic carbocycles. The van der Waals surface area contributed by atoms with Crippen LogP contribution in [0.2, 0.25) is 0 Å². The number of aromatic nitrogens is 2. The topological polar surface area (TPSA) is 88.8 Å². The van der Waals surface area contributed by atoms with Crippen molar-refractivity contribution in [1.29, 1.82) is 0 Å². The molecule has 0 unspecified atom stereocenters. The fraction of sp³-hybridized carbons (Fsp3) is 0.316. The second kappa shape index (κ2) is 6.19. The number of anilines is 1. The van der Waals surface area contributed by atoms with E-state index in [2.05, 4.69) is 9.97 Å². The molecule has 3 aromatic rings. The maximum absolute atomic E-state index is 13.1. The Morgan fingerprint density at radius 1 is 1.04 bits per heavy atom. The summed E-state index contributed by atoms with van der Waals surface area (Å²) in [5, 5.41) is 0.587. The zero-order valence-corrected chi connectivity index (χ0v) is 14.7. The van der Waals surface area contributed by atoms with Crippen molar-refractivity contribution in [2.75, 3.05) is 5.73 Å². The second-order valence-electron chi connectivity index (χ2n) is 6.67. The molecule has 4 rings (SSSR count). The van der Waals surface area contributed by atoms with Gasteiger partial charge in [0.2, 0.25) is 9.84 Å². The normalized spacial score (nSPS) is 16.3. The quantitative estimate of drug-likeness (QED) is 0.742. The summed E-state index contributed by atoms with van der Waals surface area (Å²) in [4.78, 5) is 7.84. The van der Waals surface area contributed by atoms with E-state index < -0.39 is 9.84 Å². The number of pyridine rings is 1. The van der Waals surface area contributed by atoms with E-state index in [9.17, 15) is 8.42 Å². The zero-order valence-electron chi connectivity index (χ0n) is 13.9. The van der Waals surface area contributed by atoms with Gasteiger partial charge in [-0.25, -0.2) is 8.42 Å². The van der Waals surface area contributed by atoms with E-state index in [1.807, 2.05) is 6.20 Å². The summed E-state index contributed by atoms with van der Waals surface area (Å²) in [7, 11) is -3.70. The van der Waals surface area contributed by atoms with Crippen LogP contribution >= 0.6 is 0 Å². The highest BCUT2D eigenvalue weighted by Gasteiger charge is 2.28. The first-order valence-electron chi connectivity index (χ1n) is 8.64. The molecule has 0 amide bonds. The van der Waals surface area contributed by atoms with Gasteiger partial charge in [0.05, 0.1) is 10.4 Å². The molecule has 2 heterocycles. The van der Waals surface area contributed by atoms with Crippen molar-refractivity contribution in [2.24, 2.45) is 0 Å². The zero-order chi connectivity index (χ0) is 17.4. The minimum atomic E-state index is -3.70. The molecule has 1 aromatic carbocycles. The predicted octanol–water partition coefficient (Wildman–Crippen LogP) is 4.03. The average molecular weight is 355 g/mol. The molecule has 25 heavy (non-hydrogen) atoms. The fourth-order valence-electron chi connectivity index (χ4n) is 3.86. The van der Waals surface area contributed by atoms with Crippen molar-refractivity contribution < 1.29 is 8.42 Å². The van der Waals surface area contributed by atoms with Crippen LogP contribution in [0.3, 0.4) is 0 Å². The van der Waals surface area contributed by atoms with E-state index in [0.717, 1.165) is 23.9 Å². The molecule has 2 aromatic heterocycles. The van der Waals surface area contributed by atoms with Gasteiger partial charge >= 0.3 is 0 Å². The van der Waals surface area contributed by atoms with Gasteiger partial charge in [-0.15, -0.1) is 0 Å². The van der Waals surface area contributed by atoms with Crippen LogP contribution in [0.25, 0.3) is 10.9 Å². The van der Waals surface area contributed by atoms with Crippen LogP contribution in [0.5, 0.6) is 0 Å². The molecule has 1 aliphatic rings. The Morgan fingerprint density at radius 3 is 2.48 bits per heavy atom. The molecular formula is C19H21N3O2S. The van der Waals surface area contributed by atoms with Crippen molar-refractivity contribution >= 4 is 26.6 Å². The Bertz CT molecular complexity index is 1000. The molecule has 130 valence electrons. The minimum absolute atomic E-state index is 0.138. The number of hydrogen-bond donors (Lipinski definition) is 2. The summed E-state index contributed by atoms with van der Waals surface area (Å²) in [6.45, 7) is 0. The Morgan fingerprint density at radius 2 is 1.76 bits per heavy atom. The van der Waals surface area contributed by atoms with Gasteiger partial charge in [-0.3, -0.25) is 4.98 Å². The van der Waals surface area contributed by atoms with Gasteiger partial charge in [0.1, 0.15) is 10.7 Å². The van der Waals surface area contributed by atoms with Crippen LogP contribution in [0.1, 0.15) is 43.6 Å². The molecule has 0 atom stereocenters. The number of H-pyrrole nitrogens is 1. The first-order valence-corrected chi connectivity index (χ1v) is 10.1. The predicted molar refractivity (Wildman–Crippen MR) is 98.2 cm³/mol. The lowest BCUT2D eigenvalue weighted by molar-refractivity contribution is 0.444. The minimum Gasteiger partial charge on any atom is -0.384 e. The molecule has 1 saturated carbocycles. The number of nitrogens with one attached hydrogen (secondary N) is 1. The Kier molecular flexibility index (Phi) is 4.00. The molecule has 1 fully saturated rings. The number of aromatic amines is 1. The number of nitrogens with zero attached hydrogens (tertiary/aromatic N) is 1. The average Bonchev–Trinajstić information content (AvgIpc) is 2.99. The van der Waals surface area contributed by atoms with Crippen molar-refractivity contribution in [3.8, 4) is 0 Å². The van der Waals surface area contributed by atoms with Crippen molar-refractivity contribution in [1.82, 2.24) is 9.97 Å². The lowest BCUT2D eigenvalue weighted by Crippen LogP contribution is -2.06. The summed E-state index contributed by atoms with van der Waals surface area (Å²) in [6, 6.07) is 8.39. The van der Waals surface area contributed by atoms with E-state index in [4.69, 9.17) is 5.73 Å². The van der Waals surface area contributed by atoms with Crippen molar-refractivity contribution in [3.63, 3.8) is 0 Å². The first-order chi connectivity index (χ1) is 12.1. The van der Waals surface area contributed by atoms with Crippen LogP contribution in [0.15, 0.2) is 52.5 Å². The number of benzene rings is 1. The number of nitrogens with two attached hydrogens (primary N) is 1. The molecule has 0 radical (unpaired) electrons. The standard InChI is InChI=1S/C19H21N3O2S/c20-19-18(25(23,24)14-9-5-2-6-10-14)16-12-21-11-15(17(16)22-19)13-7-3-1-4-8-13/h2,5-6,9-13,22H,1,3-4,7-8,20H2. The van der Waals surface area contributed by atoms with E-state index in [1.165, 1.54) is 19.3 Å². The van der Waals surface area contributed by atoms with E-state index >= 15 is 0 Å². The Balaban J connectivity index is 1.90. The Hall–Kier alpha value is -2.34. The van der Waals surface area contributed by atoms with Gasteiger partial charge in [0.25, 0.3) is 0 Å². The molecular weight excluding hydrogens is 334 g/mol. The molecule has 0 aliphatic heterocycles. The van der Waals surface area contributed by atoms with E-state index in [-0.39, 0.29) is 15.6 Å². The van der Waals surface area contributed by atoms with Gasteiger partial charge in [-0.2, -0.15) is 0 Å². The maximum atomic E-state index is 13.1. The first kappa shape index (κ1) is 16.1. The summed E-state index contributed by atoms with van der Waals surface area (Å²) >= 11 is 0. The number of rotatable bonds is 3. The number of nitrogen functional groups attached to an aromatic ring is 1. The summed E-state index contributed by atoms with van der Waals surface area (Å²) < 4.78 is 26.2. The van der Waals surface area contributed by atoms with E-state index in [1.54, 1.807) is 36.5 Å². The monoisotopic (exact) mass is 355 g/mol. The second-order valence-corrected chi connectivity index (χ2v) is 8.56. The number of hydrogen-bond acceptors (Lipinski definition) is 4. The lowest BCUT2D eigenvalue weighted by Gasteiger charge is -2.22. The van der Waals surface area contributed by atoms with Gasteiger partial charge in [0.15, 0.2) is 0 Å². The van der Waals surface area contributed by atoms with Gasteiger partial charge in [-0.05, 0) is 36.5 Å². The number of sulfone groups is 1. The SMILES string of the molecule is Nc1[nH]c2c(C3CCCCC3)cncc2c1S(=O)(=O)c1ccccc1. The van der Waals surface area contributed by atoms with Gasteiger partial charge < -0.3 is 10.7 Å². The number of fused-ring (bicyclic) bond motifs is 1. The lowest BCUT2D eigenvalue weighted by atomic mass is 9.84. The largest absolute Gasteiger partial charge is 0.384 e. The smallest absolute Gasteiger partial charge is 0.210 e. The van der Waals surface area contributed by atoms with E-state index in [0.29, 0.717) is 11.3 Å². The fourth-order valence-corrected chi connectivity index (χ4v) is 5.39. The Labute approximate surface area is 147 Å². The summed E-state index contributed by atoms with van der Waals surface area (Å²) in [5.41, 5.74) is 8.01. The van der Waals surface area contributed by atoms with Crippen LogP contribution < -0.4 is 5.73 Å². The maximum Gasteiger partial charge on any atom is 0.210 e. The highest BCUT2D eigenvalue weighted by Crippen LogP contribution is 2.39. The molecule has 0 spiro atoms. The summed E-state index contributed by atoms with van der Waals surface area (Å²) in [5.74, 6) is 0.596. The van der Waals surface area contributed by atoms with Gasteiger partial charge in [0, 0.05) is 17.8 Å².